The van der Waals surface area contributed by atoms with Gasteiger partial charge in [0.2, 0.25) is 0 Å². The van der Waals surface area contributed by atoms with E-state index in [1.165, 1.54) is 12.8 Å². The van der Waals surface area contributed by atoms with Crippen LogP contribution in [0.4, 0.5) is 4.39 Å². The van der Waals surface area contributed by atoms with Crippen molar-refractivity contribution in [2.24, 2.45) is 17.8 Å². The highest BCUT2D eigenvalue weighted by molar-refractivity contribution is 5.64. The largest absolute Gasteiger partial charge is 0.650 e. The van der Waals surface area contributed by atoms with Gasteiger partial charge in [-0.15, -0.1) is 6.04 Å². The van der Waals surface area contributed by atoms with Crippen LogP contribution >= 0.6 is 0 Å². The van der Waals surface area contributed by atoms with E-state index in [0.717, 1.165) is 31.5 Å². The van der Waals surface area contributed by atoms with Gasteiger partial charge in [-0.3, -0.25) is 0 Å². The molecule has 0 aromatic rings. The first kappa shape index (κ1) is 9.76. The maximum atomic E-state index is 14.1. The molecule has 4 aliphatic rings. The summed E-state index contributed by atoms with van der Waals surface area (Å²) in [6.45, 7) is 0. The van der Waals surface area contributed by atoms with Crippen LogP contribution in [0.15, 0.2) is 0 Å². The average Bonchev–Trinajstić information content (AvgIpc) is 3.07. The molecule has 0 radical (unpaired) electrons. The highest BCUT2D eigenvalue weighted by atomic mass is 19.1. The Balaban J connectivity index is 1.73. The van der Waals surface area contributed by atoms with Crippen molar-refractivity contribution in [3.05, 3.63) is 5.32 Å². The van der Waals surface area contributed by atoms with Crippen molar-refractivity contribution in [3.63, 3.8) is 0 Å². The summed E-state index contributed by atoms with van der Waals surface area (Å²) < 4.78 is 14.1. The maximum absolute atomic E-state index is 14.1. The van der Waals surface area contributed by atoms with Crippen LogP contribution in [0.1, 0.15) is 32.1 Å². The summed E-state index contributed by atoms with van der Waals surface area (Å²) in [5.74, 6) is 0.793. The summed E-state index contributed by atoms with van der Waals surface area (Å²) in [5.41, 5.74) is 0. The molecule has 0 amide bonds. The number of carbonyl (C=O) groups excluding carboxylic acids is 1. The standard InChI is InChI=1S/C12H17FNO/c13-12-8-3-4-10(14-11(8)6-15)9(12)5-7-1-2-7/h6-12H,1-5H2/q-1/t8-,9-,10?,11+,12+/m0/s1. The maximum Gasteiger partial charge on any atom is 0.103 e. The molecule has 4 fully saturated rings. The Hall–Kier alpha value is -0.440. The van der Waals surface area contributed by atoms with Gasteiger partial charge in [0.05, 0.1) is 0 Å². The summed E-state index contributed by atoms with van der Waals surface area (Å²) in [4.78, 5) is 10.8. The van der Waals surface area contributed by atoms with Crippen LogP contribution in [-0.4, -0.2) is 24.5 Å². The lowest BCUT2D eigenvalue weighted by atomic mass is 9.67. The first-order valence-electron chi connectivity index (χ1n) is 6.09. The molecule has 1 unspecified atom stereocenters. The van der Waals surface area contributed by atoms with Crippen LogP contribution < -0.4 is 0 Å². The summed E-state index contributed by atoms with van der Waals surface area (Å²) in [6, 6.07) is -0.199. The van der Waals surface area contributed by atoms with E-state index in [0.29, 0.717) is 0 Å². The molecule has 2 nitrogen and oxygen atoms in total. The monoisotopic (exact) mass is 210 g/mol. The van der Waals surface area contributed by atoms with Gasteiger partial charge >= 0.3 is 0 Å². The fraction of sp³-hybridized carbons (Fsp3) is 0.917. The fourth-order valence-corrected chi connectivity index (χ4v) is 3.30. The molecule has 4 rings (SSSR count). The highest BCUT2D eigenvalue weighted by Crippen LogP contribution is 2.50. The molecule has 2 aliphatic heterocycles. The zero-order valence-electron chi connectivity index (χ0n) is 8.81. The first-order valence-corrected chi connectivity index (χ1v) is 6.09. The van der Waals surface area contributed by atoms with Crippen LogP contribution in [0.25, 0.3) is 5.32 Å². The van der Waals surface area contributed by atoms with Crippen molar-refractivity contribution in [2.45, 2.75) is 50.4 Å². The Bertz CT molecular complexity index is 264. The molecule has 0 spiro atoms. The molecule has 2 saturated carbocycles. The van der Waals surface area contributed by atoms with Gasteiger partial charge in [0, 0.05) is 0 Å². The number of rotatable bonds is 3. The van der Waals surface area contributed by atoms with E-state index in [9.17, 15) is 9.18 Å². The van der Waals surface area contributed by atoms with E-state index in [4.69, 9.17) is 0 Å². The van der Waals surface area contributed by atoms with Crippen molar-refractivity contribution >= 4 is 6.29 Å². The van der Waals surface area contributed by atoms with Gasteiger partial charge in [-0.25, -0.2) is 4.39 Å². The lowest BCUT2D eigenvalue weighted by Gasteiger charge is -2.58. The number of hydrogen-bond donors (Lipinski definition) is 0. The lowest BCUT2D eigenvalue weighted by molar-refractivity contribution is -0.112. The van der Waals surface area contributed by atoms with Crippen molar-refractivity contribution in [2.75, 3.05) is 0 Å². The second-order valence-corrected chi connectivity index (χ2v) is 5.37. The summed E-state index contributed by atoms with van der Waals surface area (Å²) >= 11 is 0. The second kappa shape index (κ2) is 3.55. The molecular weight excluding hydrogens is 193 g/mol. The number of nitrogens with zero attached hydrogens (tertiary/aromatic N) is 1. The highest BCUT2D eigenvalue weighted by Gasteiger charge is 2.43. The SMILES string of the molecule is O=C[C@H]1[N-]C2CC[C@@H]1[C@@H](F)[C@H]2CC1CC1. The minimum Gasteiger partial charge on any atom is -0.650 e. The predicted octanol–water partition coefficient (Wildman–Crippen LogP) is 2.47. The average molecular weight is 210 g/mol. The number of hydrogen-bond acceptors (Lipinski definition) is 1. The number of alkyl halides is 1. The summed E-state index contributed by atoms with van der Waals surface area (Å²) in [7, 11) is 0. The molecule has 84 valence electrons. The number of carbonyl (C=O) groups is 1. The molecule has 0 N–H and O–H groups in total. The van der Waals surface area contributed by atoms with E-state index in [1.807, 2.05) is 0 Å². The predicted molar refractivity (Wildman–Crippen MR) is 55.5 cm³/mol. The first-order chi connectivity index (χ1) is 7.29. The molecule has 0 aromatic heterocycles. The van der Waals surface area contributed by atoms with E-state index in [1.54, 1.807) is 0 Å². The van der Waals surface area contributed by atoms with Crippen LogP contribution in [-0.2, 0) is 4.79 Å². The molecular formula is C12H17FNO-. The van der Waals surface area contributed by atoms with Gasteiger partial charge in [0.15, 0.2) is 0 Å². The zero-order valence-corrected chi connectivity index (χ0v) is 8.81. The fourth-order valence-electron chi connectivity index (χ4n) is 3.30. The Morgan fingerprint density at radius 2 is 2.07 bits per heavy atom. The van der Waals surface area contributed by atoms with Crippen LogP contribution in [0.2, 0.25) is 0 Å². The van der Waals surface area contributed by atoms with Crippen molar-refractivity contribution in [1.82, 2.24) is 0 Å². The smallest absolute Gasteiger partial charge is 0.103 e. The molecule has 2 bridgehead atoms. The third kappa shape index (κ3) is 1.61. The van der Waals surface area contributed by atoms with Crippen LogP contribution in [0, 0.1) is 17.8 Å². The van der Waals surface area contributed by atoms with Gasteiger partial charge in [-0.2, -0.15) is 0 Å². The molecule has 2 aliphatic carbocycles. The molecule has 0 aromatic carbocycles. The molecule has 2 heterocycles. The van der Waals surface area contributed by atoms with E-state index < -0.39 is 6.17 Å². The van der Waals surface area contributed by atoms with E-state index in [-0.39, 0.29) is 23.9 Å². The van der Waals surface area contributed by atoms with Gasteiger partial charge in [0.1, 0.15) is 12.5 Å². The molecule has 2 saturated heterocycles. The van der Waals surface area contributed by atoms with Crippen molar-refractivity contribution in [1.29, 1.82) is 0 Å². The molecule has 5 atom stereocenters. The number of aldehydes is 1. The third-order valence-electron chi connectivity index (χ3n) is 4.35. The van der Waals surface area contributed by atoms with Gasteiger partial charge in [-0.05, 0) is 24.2 Å². The number of fused-ring (bicyclic) bond motifs is 3. The van der Waals surface area contributed by atoms with E-state index in [2.05, 4.69) is 5.32 Å². The van der Waals surface area contributed by atoms with Crippen molar-refractivity contribution < 1.29 is 9.18 Å². The molecule has 3 heteroatoms. The molecule has 15 heavy (non-hydrogen) atoms. The Labute approximate surface area is 89.6 Å². The van der Waals surface area contributed by atoms with Crippen molar-refractivity contribution in [3.8, 4) is 0 Å². The normalized spacial score (nSPS) is 49.3. The Morgan fingerprint density at radius 1 is 1.27 bits per heavy atom. The Kier molecular flexibility index (Phi) is 2.31. The third-order valence-corrected chi connectivity index (χ3v) is 4.35. The number of halogens is 1. The topological polar surface area (TPSA) is 31.2 Å². The quantitative estimate of drug-likeness (QED) is 0.658. The summed E-state index contributed by atoms with van der Waals surface area (Å²) in [6.07, 6.45) is 5.51. The Morgan fingerprint density at radius 3 is 2.67 bits per heavy atom. The van der Waals surface area contributed by atoms with Gasteiger partial charge in [0.25, 0.3) is 0 Å². The zero-order chi connectivity index (χ0) is 10.4. The van der Waals surface area contributed by atoms with Gasteiger partial charge in [-0.1, -0.05) is 31.7 Å². The lowest BCUT2D eigenvalue weighted by Crippen LogP contribution is -2.51. The number of piperidine rings is 2. The minimum absolute atomic E-state index is 0.101. The second-order valence-electron chi connectivity index (χ2n) is 5.37. The summed E-state index contributed by atoms with van der Waals surface area (Å²) in [5, 5.41) is 4.47. The van der Waals surface area contributed by atoms with E-state index >= 15 is 0 Å². The van der Waals surface area contributed by atoms with Gasteiger partial charge < -0.3 is 10.1 Å². The minimum atomic E-state index is -0.767. The van der Waals surface area contributed by atoms with Crippen LogP contribution in [0.3, 0.4) is 0 Å². The van der Waals surface area contributed by atoms with Crippen LogP contribution in [0.5, 0.6) is 0 Å².